The molecule has 0 fully saturated rings. The monoisotopic (exact) mass is 273 g/mol. The molecule has 0 bridgehead atoms. The molecule has 6 nitrogen and oxygen atoms in total. The zero-order valence-electron chi connectivity index (χ0n) is 10.7. The van der Waals surface area contributed by atoms with Crippen LogP contribution in [0.4, 0.5) is 5.82 Å². The highest BCUT2D eigenvalue weighted by Gasteiger charge is 2.10. The van der Waals surface area contributed by atoms with Crippen LogP contribution in [-0.2, 0) is 6.42 Å². The van der Waals surface area contributed by atoms with Gasteiger partial charge in [-0.1, -0.05) is 30.3 Å². The molecule has 1 atom stereocenters. The molecular weight excluding hydrogens is 258 g/mol. The van der Waals surface area contributed by atoms with Gasteiger partial charge < -0.3 is 15.5 Å². The summed E-state index contributed by atoms with van der Waals surface area (Å²) in [6, 6.07) is 12.4. The number of rotatable bonds is 6. The highest BCUT2D eigenvalue weighted by atomic mass is 16.4. The lowest BCUT2D eigenvalue weighted by molar-refractivity contribution is 0.0689. The molecule has 2 rings (SSSR count). The summed E-state index contributed by atoms with van der Waals surface area (Å²) in [7, 11) is 0. The molecule has 0 amide bonds. The lowest BCUT2D eigenvalue weighted by Gasteiger charge is -2.16. The normalized spacial score (nSPS) is 11.8. The number of aromatic nitrogens is 2. The number of nitrogens with zero attached hydrogens (tertiary/aromatic N) is 2. The quantitative estimate of drug-likeness (QED) is 0.731. The van der Waals surface area contributed by atoms with Gasteiger partial charge in [-0.15, -0.1) is 10.2 Å². The molecule has 2 aromatic rings. The van der Waals surface area contributed by atoms with Crippen molar-refractivity contribution in [1.82, 2.24) is 10.2 Å². The van der Waals surface area contributed by atoms with Gasteiger partial charge in [0.2, 0.25) is 0 Å². The first-order valence-electron chi connectivity index (χ1n) is 6.17. The van der Waals surface area contributed by atoms with Crippen molar-refractivity contribution in [3.63, 3.8) is 0 Å². The number of aromatic carboxylic acids is 1. The predicted octanol–water partition coefficient (Wildman–Crippen LogP) is 1.19. The number of benzene rings is 1. The molecule has 6 heteroatoms. The number of aliphatic hydroxyl groups is 1. The second kappa shape index (κ2) is 6.63. The molecule has 0 aliphatic heterocycles. The minimum atomic E-state index is -1.12. The molecule has 0 aliphatic carbocycles. The first kappa shape index (κ1) is 14.0. The van der Waals surface area contributed by atoms with E-state index in [2.05, 4.69) is 15.5 Å². The fraction of sp³-hybridized carbons (Fsp3) is 0.214. The van der Waals surface area contributed by atoms with Crippen molar-refractivity contribution in [1.29, 1.82) is 0 Å². The van der Waals surface area contributed by atoms with Gasteiger partial charge in [0.25, 0.3) is 0 Å². The van der Waals surface area contributed by atoms with Crippen molar-refractivity contribution in [2.75, 3.05) is 11.9 Å². The summed E-state index contributed by atoms with van der Waals surface area (Å²) in [6.45, 7) is -0.0583. The van der Waals surface area contributed by atoms with Crippen LogP contribution in [0, 0.1) is 0 Å². The number of anilines is 1. The Morgan fingerprint density at radius 2 is 1.90 bits per heavy atom. The molecule has 1 aromatic carbocycles. The van der Waals surface area contributed by atoms with Crippen LogP contribution in [0.1, 0.15) is 16.1 Å². The van der Waals surface area contributed by atoms with Gasteiger partial charge in [0.05, 0.1) is 12.6 Å². The van der Waals surface area contributed by atoms with E-state index in [1.165, 1.54) is 12.1 Å². The number of nitrogens with one attached hydrogen (secondary N) is 1. The van der Waals surface area contributed by atoms with E-state index in [0.29, 0.717) is 12.2 Å². The van der Waals surface area contributed by atoms with Crippen LogP contribution in [0.25, 0.3) is 0 Å². The van der Waals surface area contributed by atoms with Gasteiger partial charge in [-0.05, 0) is 24.1 Å². The molecule has 1 aromatic heterocycles. The Kier molecular flexibility index (Phi) is 4.62. The minimum absolute atomic E-state index is 0.0583. The van der Waals surface area contributed by atoms with Crippen LogP contribution in [0.3, 0.4) is 0 Å². The standard InChI is InChI=1S/C14H15N3O3/c18-9-11(8-10-4-2-1-3-5-10)15-13-7-6-12(14(19)20)16-17-13/h1-7,11,18H,8-9H2,(H,15,17)(H,19,20). The molecule has 0 saturated heterocycles. The molecule has 0 saturated carbocycles. The predicted molar refractivity (Wildman–Crippen MR) is 73.6 cm³/mol. The molecular formula is C14H15N3O3. The lowest BCUT2D eigenvalue weighted by atomic mass is 10.1. The van der Waals surface area contributed by atoms with Gasteiger partial charge >= 0.3 is 5.97 Å². The summed E-state index contributed by atoms with van der Waals surface area (Å²) < 4.78 is 0. The van der Waals surface area contributed by atoms with Gasteiger partial charge in [-0.2, -0.15) is 0 Å². The lowest BCUT2D eigenvalue weighted by Crippen LogP contribution is -2.27. The molecule has 0 spiro atoms. The zero-order chi connectivity index (χ0) is 14.4. The fourth-order valence-corrected chi connectivity index (χ4v) is 1.79. The van der Waals surface area contributed by atoms with Crippen molar-refractivity contribution < 1.29 is 15.0 Å². The Morgan fingerprint density at radius 3 is 2.45 bits per heavy atom. The van der Waals surface area contributed by atoms with Gasteiger partial charge in [0, 0.05) is 0 Å². The molecule has 1 unspecified atom stereocenters. The maximum atomic E-state index is 10.7. The van der Waals surface area contributed by atoms with Crippen molar-refractivity contribution in [2.24, 2.45) is 0 Å². The highest BCUT2D eigenvalue weighted by molar-refractivity contribution is 5.85. The summed E-state index contributed by atoms with van der Waals surface area (Å²) in [5.74, 6) is -0.683. The largest absolute Gasteiger partial charge is 0.476 e. The maximum Gasteiger partial charge on any atom is 0.356 e. The van der Waals surface area contributed by atoms with Crippen molar-refractivity contribution >= 4 is 11.8 Å². The van der Waals surface area contributed by atoms with E-state index in [4.69, 9.17) is 5.11 Å². The van der Waals surface area contributed by atoms with E-state index in [1.807, 2.05) is 30.3 Å². The third-order valence-electron chi connectivity index (χ3n) is 2.78. The number of carboxylic acid groups (broad SMARTS) is 1. The molecule has 3 N–H and O–H groups in total. The number of carboxylic acids is 1. The molecule has 0 aliphatic rings. The Labute approximate surface area is 116 Å². The fourth-order valence-electron chi connectivity index (χ4n) is 1.79. The second-order valence-corrected chi connectivity index (χ2v) is 4.32. The first-order chi connectivity index (χ1) is 9.69. The van der Waals surface area contributed by atoms with Crippen LogP contribution >= 0.6 is 0 Å². The van der Waals surface area contributed by atoms with Crippen LogP contribution in [-0.4, -0.2) is 39.0 Å². The molecule has 104 valence electrons. The summed E-state index contributed by atoms with van der Waals surface area (Å²) in [5.41, 5.74) is 0.980. The van der Waals surface area contributed by atoms with Gasteiger partial charge in [0.15, 0.2) is 5.69 Å². The Balaban J connectivity index is 2.01. The van der Waals surface area contributed by atoms with Crippen molar-refractivity contribution in [3.8, 4) is 0 Å². The summed E-state index contributed by atoms with van der Waals surface area (Å²) >= 11 is 0. The average Bonchev–Trinajstić information content (AvgIpc) is 2.48. The first-order valence-corrected chi connectivity index (χ1v) is 6.17. The van der Waals surface area contributed by atoms with E-state index in [1.54, 1.807) is 0 Å². The van der Waals surface area contributed by atoms with Gasteiger partial charge in [0.1, 0.15) is 5.82 Å². The Hall–Kier alpha value is -2.47. The van der Waals surface area contributed by atoms with E-state index < -0.39 is 5.97 Å². The van der Waals surface area contributed by atoms with Crippen molar-refractivity contribution in [2.45, 2.75) is 12.5 Å². The summed E-state index contributed by atoms with van der Waals surface area (Å²) in [4.78, 5) is 10.7. The Bertz CT molecular complexity index is 558. The van der Waals surface area contributed by atoms with E-state index in [9.17, 15) is 9.90 Å². The average molecular weight is 273 g/mol. The van der Waals surface area contributed by atoms with E-state index >= 15 is 0 Å². The summed E-state index contributed by atoms with van der Waals surface area (Å²) in [5, 5.41) is 28.5. The molecule has 20 heavy (non-hydrogen) atoms. The zero-order valence-corrected chi connectivity index (χ0v) is 10.7. The number of carbonyl (C=O) groups is 1. The summed E-state index contributed by atoms with van der Waals surface area (Å²) in [6.07, 6.45) is 0.639. The van der Waals surface area contributed by atoms with Crippen LogP contribution < -0.4 is 5.32 Å². The topological polar surface area (TPSA) is 95.3 Å². The molecule has 0 radical (unpaired) electrons. The third kappa shape index (κ3) is 3.76. The SMILES string of the molecule is O=C(O)c1ccc(NC(CO)Cc2ccccc2)nn1. The van der Waals surface area contributed by atoms with Crippen molar-refractivity contribution in [3.05, 3.63) is 53.7 Å². The third-order valence-corrected chi connectivity index (χ3v) is 2.78. The van der Waals surface area contributed by atoms with Crippen LogP contribution in [0.5, 0.6) is 0 Å². The smallest absolute Gasteiger partial charge is 0.356 e. The Morgan fingerprint density at radius 1 is 1.15 bits per heavy atom. The number of aliphatic hydroxyl groups excluding tert-OH is 1. The number of hydrogen-bond donors (Lipinski definition) is 3. The molecule has 1 heterocycles. The minimum Gasteiger partial charge on any atom is -0.476 e. The van der Waals surface area contributed by atoms with E-state index in [-0.39, 0.29) is 18.3 Å². The van der Waals surface area contributed by atoms with E-state index in [0.717, 1.165) is 5.56 Å². The maximum absolute atomic E-state index is 10.7. The second-order valence-electron chi connectivity index (χ2n) is 4.32. The van der Waals surface area contributed by atoms with Gasteiger partial charge in [-0.25, -0.2) is 4.79 Å². The van der Waals surface area contributed by atoms with Crippen LogP contribution in [0.2, 0.25) is 0 Å². The number of hydrogen-bond acceptors (Lipinski definition) is 5. The highest BCUT2D eigenvalue weighted by Crippen LogP contribution is 2.09. The van der Waals surface area contributed by atoms with Crippen LogP contribution in [0.15, 0.2) is 42.5 Å². The van der Waals surface area contributed by atoms with Gasteiger partial charge in [-0.3, -0.25) is 0 Å².